The Morgan fingerprint density at radius 1 is 1.32 bits per heavy atom. The Hall–Kier alpha value is -1.26. The molecule has 1 aliphatic heterocycles. The average molecular weight is 264 g/mol. The summed E-state index contributed by atoms with van der Waals surface area (Å²) in [5, 5.41) is 19.6. The van der Waals surface area contributed by atoms with E-state index in [0.29, 0.717) is 11.6 Å². The quantitative estimate of drug-likeness (QED) is 0.857. The van der Waals surface area contributed by atoms with E-state index >= 15 is 0 Å². The Labute approximate surface area is 115 Å². The van der Waals surface area contributed by atoms with E-state index in [4.69, 9.17) is 0 Å². The molecular formula is C15H24N2O2. The highest BCUT2D eigenvalue weighted by Gasteiger charge is 2.20. The number of aliphatic hydroxyl groups is 1. The molecule has 1 fully saturated rings. The number of phenolic OH excluding ortho intramolecular Hbond substituents is 1. The largest absolute Gasteiger partial charge is 0.507 e. The van der Waals surface area contributed by atoms with Crippen LogP contribution in [0.5, 0.6) is 5.75 Å². The topological polar surface area (TPSA) is 46.9 Å². The van der Waals surface area contributed by atoms with Gasteiger partial charge in [0.25, 0.3) is 0 Å². The van der Waals surface area contributed by atoms with E-state index in [-0.39, 0.29) is 5.75 Å². The van der Waals surface area contributed by atoms with Crippen LogP contribution in [0, 0.1) is 0 Å². The molecule has 4 nitrogen and oxygen atoms in total. The van der Waals surface area contributed by atoms with Crippen LogP contribution >= 0.6 is 0 Å². The minimum Gasteiger partial charge on any atom is -0.507 e. The first-order valence-electron chi connectivity index (χ1n) is 6.95. The molecule has 106 valence electrons. The Bertz CT molecular complexity index is 434. The zero-order chi connectivity index (χ0) is 14.0. The van der Waals surface area contributed by atoms with Crippen molar-refractivity contribution in [2.45, 2.75) is 32.4 Å². The van der Waals surface area contributed by atoms with E-state index in [2.05, 4.69) is 23.8 Å². The van der Waals surface area contributed by atoms with Crippen molar-refractivity contribution in [2.75, 3.05) is 31.6 Å². The van der Waals surface area contributed by atoms with Crippen molar-refractivity contribution >= 4 is 5.69 Å². The number of likely N-dealkylation sites (N-methyl/N-ethyl adjacent to an activating group) is 1. The smallest absolute Gasteiger partial charge is 0.123 e. The molecule has 19 heavy (non-hydrogen) atoms. The van der Waals surface area contributed by atoms with Gasteiger partial charge >= 0.3 is 0 Å². The van der Waals surface area contributed by atoms with Crippen molar-refractivity contribution in [2.24, 2.45) is 0 Å². The predicted molar refractivity (Wildman–Crippen MR) is 77.7 cm³/mol. The Kier molecular flexibility index (Phi) is 4.32. The summed E-state index contributed by atoms with van der Waals surface area (Å²) in [7, 11) is 2.15. The number of rotatable bonds is 2. The van der Waals surface area contributed by atoms with Crippen molar-refractivity contribution in [1.29, 1.82) is 0 Å². The third-order valence-corrected chi connectivity index (χ3v) is 3.84. The molecule has 4 heteroatoms. The minimum absolute atomic E-state index is 0.178. The van der Waals surface area contributed by atoms with Crippen LogP contribution < -0.4 is 4.90 Å². The van der Waals surface area contributed by atoms with Gasteiger partial charge in [0.1, 0.15) is 5.75 Å². The SMILES string of the molecule is CC(O)c1ccc(N2CCCN(C)CC2C)cc1O. The molecule has 0 radical (unpaired) electrons. The van der Waals surface area contributed by atoms with E-state index in [1.54, 1.807) is 13.0 Å². The molecule has 2 atom stereocenters. The zero-order valence-electron chi connectivity index (χ0n) is 12.0. The van der Waals surface area contributed by atoms with Gasteiger partial charge in [-0.15, -0.1) is 0 Å². The van der Waals surface area contributed by atoms with E-state index in [1.165, 1.54) is 0 Å². The number of hydrogen-bond acceptors (Lipinski definition) is 4. The lowest BCUT2D eigenvalue weighted by Gasteiger charge is -2.30. The summed E-state index contributed by atoms with van der Waals surface area (Å²) in [6.45, 7) is 7.01. The van der Waals surface area contributed by atoms with Crippen LogP contribution in [0.1, 0.15) is 31.9 Å². The maximum Gasteiger partial charge on any atom is 0.123 e. The summed E-state index contributed by atoms with van der Waals surface area (Å²) >= 11 is 0. The Balaban J connectivity index is 2.23. The normalized spacial score (nSPS) is 23.2. The van der Waals surface area contributed by atoms with Gasteiger partial charge in [-0.3, -0.25) is 0 Å². The van der Waals surface area contributed by atoms with Gasteiger partial charge in [-0.05, 0) is 39.9 Å². The van der Waals surface area contributed by atoms with Crippen LogP contribution in [-0.2, 0) is 0 Å². The molecule has 2 rings (SSSR count). The fourth-order valence-electron chi connectivity index (χ4n) is 2.82. The van der Waals surface area contributed by atoms with Gasteiger partial charge in [-0.1, -0.05) is 6.07 Å². The number of nitrogens with zero attached hydrogens (tertiary/aromatic N) is 2. The van der Waals surface area contributed by atoms with E-state index < -0.39 is 6.10 Å². The van der Waals surface area contributed by atoms with Crippen molar-refractivity contribution in [3.63, 3.8) is 0 Å². The molecular weight excluding hydrogens is 240 g/mol. The monoisotopic (exact) mass is 264 g/mol. The van der Waals surface area contributed by atoms with Crippen LogP contribution in [0.3, 0.4) is 0 Å². The second-order valence-electron chi connectivity index (χ2n) is 5.58. The Morgan fingerprint density at radius 3 is 2.68 bits per heavy atom. The number of phenols is 1. The van der Waals surface area contributed by atoms with E-state index in [9.17, 15) is 10.2 Å². The fourth-order valence-corrected chi connectivity index (χ4v) is 2.82. The fraction of sp³-hybridized carbons (Fsp3) is 0.600. The van der Waals surface area contributed by atoms with Crippen molar-refractivity contribution in [3.05, 3.63) is 23.8 Å². The second-order valence-corrected chi connectivity index (χ2v) is 5.58. The maximum atomic E-state index is 10.0. The highest BCUT2D eigenvalue weighted by Crippen LogP contribution is 2.30. The molecule has 0 aromatic heterocycles. The average Bonchev–Trinajstić information content (AvgIpc) is 2.49. The first kappa shape index (κ1) is 14.2. The summed E-state index contributed by atoms with van der Waals surface area (Å²) in [5.74, 6) is 0.178. The summed E-state index contributed by atoms with van der Waals surface area (Å²) in [5.41, 5.74) is 1.62. The van der Waals surface area contributed by atoms with Crippen LogP contribution in [0.25, 0.3) is 0 Å². The standard InChI is InChI=1S/C15H24N2O2/c1-11-10-16(3)7-4-8-17(11)13-5-6-14(12(2)18)15(19)9-13/h5-6,9,11-12,18-19H,4,7-8,10H2,1-3H3. The van der Waals surface area contributed by atoms with Gasteiger partial charge in [-0.25, -0.2) is 0 Å². The number of aliphatic hydroxyl groups excluding tert-OH is 1. The van der Waals surface area contributed by atoms with Gasteiger partial charge in [0.2, 0.25) is 0 Å². The van der Waals surface area contributed by atoms with Gasteiger partial charge < -0.3 is 20.0 Å². The summed E-state index contributed by atoms with van der Waals surface area (Å²) in [6, 6.07) is 5.99. The third kappa shape index (κ3) is 3.19. The molecule has 1 saturated heterocycles. The van der Waals surface area contributed by atoms with Crippen molar-refractivity contribution in [3.8, 4) is 5.75 Å². The molecule has 1 aliphatic rings. The van der Waals surface area contributed by atoms with Gasteiger partial charge in [0, 0.05) is 36.4 Å². The van der Waals surface area contributed by atoms with Crippen LogP contribution in [0.4, 0.5) is 5.69 Å². The molecule has 0 aliphatic carbocycles. The lowest BCUT2D eigenvalue weighted by molar-refractivity contribution is 0.195. The number of benzene rings is 1. The predicted octanol–water partition coefficient (Wildman–Crippen LogP) is 1.98. The second kappa shape index (κ2) is 5.80. The van der Waals surface area contributed by atoms with Crippen LogP contribution in [0.15, 0.2) is 18.2 Å². The third-order valence-electron chi connectivity index (χ3n) is 3.84. The van der Waals surface area contributed by atoms with Crippen LogP contribution in [-0.4, -0.2) is 47.8 Å². The first-order chi connectivity index (χ1) is 8.99. The minimum atomic E-state index is -0.637. The van der Waals surface area contributed by atoms with Gasteiger partial charge in [0.05, 0.1) is 6.10 Å². The van der Waals surface area contributed by atoms with E-state index in [0.717, 1.165) is 31.7 Å². The zero-order valence-corrected chi connectivity index (χ0v) is 12.0. The summed E-state index contributed by atoms with van der Waals surface area (Å²) in [6.07, 6.45) is 0.487. The van der Waals surface area contributed by atoms with Crippen LogP contribution in [0.2, 0.25) is 0 Å². The number of anilines is 1. The molecule has 1 aromatic rings. The lowest BCUT2D eigenvalue weighted by Crippen LogP contribution is -2.37. The molecule has 1 heterocycles. The molecule has 2 N–H and O–H groups in total. The Morgan fingerprint density at radius 2 is 2.05 bits per heavy atom. The molecule has 0 amide bonds. The first-order valence-corrected chi connectivity index (χ1v) is 6.95. The molecule has 1 aromatic carbocycles. The van der Waals surface area contributed by atoms with E-state index in [1.807, 2.05) is 12.1 Å². The van der Waals surface area contributed by atoms with Gasteiger partial charge in [-0.2, -0.15) is 0 Å². The maximum absolute atomic E-state index is 10.0. The highest BCUT2D eigenvalue weighted by atomic mass is 16.3. The molecule has 2 unspecified atom stereocenters. The van der Waals surface area contributed by atoms with Crippen molar-refractivity contribution in [1.82, 2.24) is 4.90 Å². The van der Waals surface area contributed by atoms with Gasteiger partial charge in [0.15, 0.2) is 0 Å². The highest BCUT2D eigenvalue weighted by molar-refractivity contribution is 5.54. The van der Waals surface area contributed by atoms with Crippen molar-refractivity contribution < 1.29 is 10.2 Å². The number of hydrogen-bond donors (Lipinski definition) is 2. The summed E-state index contributed by atoms with van der Waals surface area (Å²) in [4.78, 5) is 4.67. The molecule has 0 spiro atoms. The molecule has 0 saturated carbocycles. The summed E-state index contributed by atoms with van der Waals surface area (Å²) < 4.78 is 0. The molecule has 0 bridgehead atoms. The lowest BCUT2D eigenvalue weighted by atomic mass is 10.1. The number of aromatic hydroxyl groups is 1.